The number of carbonyl (C=O) groups excluding carboxylic acids is 2. The van der Waals surface area contributed by atoms with Crippen LogP contribution in [0.15, 0.2) is 47.5 Å². The van der Waals surface area contributed by atoms with Gasteiger partial charge in [-0.15, -0.1) is 0 Å². The van der Waals surface area contributed by atoms with Crippen LogP contribution in [0.4, 0.5) is 0 Å². The van der Waals surface area contributed by atoms with Crippen molar-refractivity contribution in [3.05, 3.63) is 53.1 Å². The third-order valence-electron chi connectivity index (χ3n) is 6.76. The number of aliphatic hydroxyl groups is 1. The number of ether oxygens (including phenoxy) is 2. The quantitative estimate of drug-likeness (QED) is 0.149. The fraction of sp³-hybridized carbons (Fsp3) is 0.613. The predicted molar refractivity (Wildman–Crippen MR) is 154 cm³/mol. The highest BCUT2D eigenvalue weighted by Gasteiger charge is 2.16. The number of hydrogen-bond acceptors (Lipinski definition) is 7. The van der Waals surface area contributed by atoms with E-state index in [9.17, 15) is 9.59 Å². The molecular weight excluding hydrogens is 480 g/mol. The second-order valence-corrected chi connectivity index (χ2v) is 9.85. The Morgan fingerprint density at radius 1 is 0.974 bits per heavy atom. The van der Waals surface area contributed by atoms with Crippen molar-refractivity contribution in [3.63, 3.8) is 0 Å². The lowest BCUT2D eigenvalue weighted by atomic mass is 9.94. The molecule has 4 rings (SSSR count). The molecule has 1 aromatic rings. The number of allylic oxidation sites excluding steroid dienone is 3. The molecule has 0 spiro atoms. The van der Waals surface area contributed by atoms with E-state index in [0.29, 0.717) is 36.1 Å². The Bertz CT molecular complexity index is 817. The van der Waals surface area contributed by atoms with E-state index in [2.05, 4.69) is 10.1 Å². The van der Waals surface area contributed by atoms with Gasteiger partial charge in [0.05, 0.1) is 19.0 Å². The third-order valence-corrected chi connectivity index (χ3v) is 6.76. The van der Waals surface area contributed by atoms with Crippen LogP contribution in [0.3, 0.4) is 0 Å². The monoisotopic (exact) mass is 530 g/mol. The number of ketones is 1. The van der Waals surface area contributed by atoms with E-state index >= 15 is 0 Å². The summed E-state index contributed by atoms with van der Waals surface area (Å²) >= 11 is 0. The number of likely N-dealkylation sites (N-methyl/N-ethyl adjacent to an activating group) is 1. The minimum atomic E-state index is -0.0956. The molecule has 0 bridgehead atoms. The molecule has 3 fully saturated rings. The first-order chi connectivity index (χ1) is 18.5. The van der Waals surface area contributed by atoms with Gasteiger partial charge in [-0.3, -0.25) is 9.59 Å². The number of Topliss-reactive ketones (excluding diaryl/α,β-unsaturated/α-hetero) is 1. The molecule has 3 aliphatic rings. The summed E-state index contributed by atoms with van der Waals surface area (Å²) in [5, 5.41) is 11.1. The molecular formula is C31H50N2O5. The van der Waals surface area contributed by atoms with Gasteiger partial charge in [0, 0.05) is 18.3 Å². The van der Waals surface area contributed by atoms with Gasteiger partial charge in [0.2, 0.25) is 5.78 Å². The molecule has 4 N–H and O–H groups in total. The lowest BCUT2D eigenvalue weighted by Gasteiger charge is -2.23. The summed E-state index contributed by atoms with van der Waals surface area (Å²) in [6.45, 7) is 4.38. The van der Waals surface area contributed by atoms with Crippen LogP contribution in [-0.2, 0) is 9.53 Å². The molecule has 0 aromatic heterocycles. The number of nitrogens with two attached hydrogens (primary N) is 1. The Balaban J connectivity index is 0.000000340. The summed E-state index contributed by atoms with van der Waals surface area (Å²) in [5.41, 5.74) is 8.46. The Morgan fingerprint density at radius 3 is 1.82 bits per heavy atom. The molecule has 0 amide bonds. The van der Waals surface area contributed by atoms with Gasteiger partial charge < -0.3 is 25.6 Å². The third kappa shape index (κ3) is 14.1. The highest BCUT2D eigenvalue weighted by Crippen LogP contribution is 2.24. The number of benzene rings is 1. The summed E-state index contributed by atoms with van der Waals surface area (Å²) < 4.78 is 10.1. The van der Waals surface area contributed by atoms with Crippen molar-refractivity contribution in [3.8, 4) is 5.75 Å². The maximum absolute atomic E-state index is 12.3. The van der Waals surface area contributed by atoms with Crippen LogP contribution in [0.5, 0.6) is 5.75 Å². The van der Waals surface area contributed by atoms with Crippen molar-refractivity contribution < 1.29 is 24.2 Å². The molecule has 38 heavy (non-hydrogen) atoms. The molecule has 3 aliphatic carbocycles. The van der Waals surface area contributed by atoms with E-state index in [1.54, 1.807) is 33.0 Å². The van der Waals surface area contributed by atoms with Crippen LogP contribution in [-0.4, -0.2) is 37.1 Å². The van der Waals surface area contributed by atoms with Gasteiger partial charge >= 0.3 is 0 Å². The molecule has 0 saturated heterocycles. The average Bonchev–Trinajstić information content (AvgIpc) is 2.92. The minimum absolute atomic E-state index is 0.0956. The lowest BCUT2D eigenvalue weighted by Crippen LogP contribution is -2.21. The van der Waals surface area contributed by atoms with Crippen LogP contribution in [0.1, 0.15) is 114 Å². The van der Waals surface area contributed by atoms with E-state index in [1.165, 1.54) is 76.0 Å². The number of hydrogen-bond donors (Lipinski definition) is 3. The van der Waals surface area contributed by atoms with Gasteiger partial charge in [-0.05, 0) is 88.6 Å². The van der Waals surface area contributed by atoms with Crippen molar-refractivity contribution in [2.45, 2.75) is 110 Å². The Labute approximate surface area is 229 Å². The summed E-state index contributed by atoms with van der Waals surface area (Å²) in [7, 11) is 1.70. The molecule has 0 heterocycles. The highest BCUT2D eigenvalue weighted by molar-refractivity contribution is 6.08. The molecule has 3 saturated carbocycles. The number of nitrogens with one attached hydrogen (secondary N) is 1. The zero-order valence-electron chi connectivity index (χ0n) is 23.8. The Hall–Kier alpha value is -2.96. The SMILES string of the molecule is C1CCCCC1.CCOC=O.CN/C(C(=O)c1ccc(OC2CCCCC2)cc1)=C(\C)N.OC=C1CCC1. The van der Waals surface area contributed by atoms with E-state index in [-0.39, 0.29) is 5.78 Å². The molecule has 0 atom stereocenters. The molecule has 7 heteroatoms. The van der Waals surface area contributed by atoms with E-state index in [4.69, 9.17) is 15.6 Å². The van der Waals surface area contributed by atoms with Crippen molar-refractivity contribution in [2.75, 3.05) is 13.7 Å². The maximum Gasteiger partial charge on any atom is 0.293 e. The predicted octanol–water partition coefficient (Wildman–Crippen LogP) is 7.12. The largest absolute Gasteiger partial charge is 0.516 e. The first-order valence-electron chi connectivity index (χ1n) is 14.3. The van der Waals surface area contributed by atoms with Crippen LogP contribution in [0.25, 0.3) is 0 Å². The van der Waals surface area contributed by atoms with Crippen LogP contribution in [0.2, 0.25) is 0 Å². The molecule has 214 valence electrons. The van der Waals surface area contributed by atoms with Crippen molar-refractivity contribution in [1.29, 1.82) is 0 Å². The van der Waals surface area contributed by atoms with Crippen molar-refractivity contribution in [1.82, 2.24) is 5.32 Å². The summed E-state index contributed by atoms with van der Waals surface area (Å²) in [5.74, 6) is 0.736. The molecule has 7 nitrogen and oxygen atoms in total. The standard InChI is InChI=1S/C17H24N2O2.C6H12.C5H8O.C3H6O2/c1-12(18)16(19-2)17(20)13-8-10-15(11-9-13)21-14-6-4-3-5-7-14;1-2-4-6-5-3-1;6-4-5-2-1-3-5;1-2-5-3-4/h8-11,14,19H,3-7,18H2,1-2H3;1-6H2;4,6H,1-3H2;3H,2H2,1H3/b16-12+;;;. The van der Waals surface area contributed by atoms with Gasteiger partial charge in [-0.2, -0.15) is 0 Å². The summed E-state index contributed by atoms with van der Waals surface area (Å²) in [6, 6.07) is 7.31. The van der Waals surface area contributed by atoms with E-state index in [1.807, 2.05) is 12.1 Å². The topological polar surface area (TPSA) is 111 Å². The van der Waals surface area contributed by atoms with Crippen LogP contribution < -0.4 is 15.8 Å². The van der Waals surface area contributed by atoms with Gasteiger partial charge in [0.1, 0.15) is 11.4 Å². The Kier molecular flexibility index (Phi) is 18.3. The highest BCUT2D eigenvalue weighted by atomic mass is 16.5. The average molecular weight is 531 g/mol. The van der Waals surface area contributed by atoms with Crippen LogP contribution in [0, 0.1) is 0 Å². The van der Waals surface area contributed by atoms with E-state index in [0.717, 1.165) is 31.4 Å². The summed E-state index contributed by atoms with van der Waals surface area (Å²) in [4.78, 5) is 21.5. The normalized spacial score (nSPS) is 17.2. The summed E-state index contributed by atoms with van der Waals surface area (Å²) in [6.07, 6.45) is 20.1. The molecule has 0 unspecified atom stereocenters. The first kappa shape index (κ1) is 33.1. The van der Waals surface area contributed by atoms with E-state index < -0.39 is 0 Å². The molecule has 0 radical (unpaired) electrons. The van der Waals surface area contributed by atoms with Gasteiger partial charge in [-0.25, -0.2) is 0 Å². The fourth-order valence-electron chi connectivity index (χ4n) is 4.33. The maximum atomic E-state index is 12.3. The molecule has 0 aliphatic heterocycles. The van der Waals surface area contributed by atoms with Gasteiger partial charge in [-0.1, -0.05) is 44.9 Å². The van der Waals surface area contributed by atoms with Gasteiger partial charge in [0.25, 0.3) is 6.47 Å². The number of carbonyl (C=O) groups is 2. The number of aliphatic hydroxyl groups excluding tert-OH is 1. The first-order valence-corrected chi connectivity index (χ1v) is 14.3. The second-order valence-electron chi connectivity index (χ2n) is 9.85. The van der Waals surface area contributed by atoms with Crippen molar-refractivity contribution in [2.24, 2.45) is 5.73 Å². The number of rotatable bonds is 7. The zero-order valence-corrected chi connectivity index (χ0v) is 23.8. The Morgan fingerprint density at radius 2 is 1.50 bits per heavy atom. The fourth-order valence-corrected chi connectivity index (χ4v) is 4.33. The lowest BCUT2D eigenvalue weighted by molar-refractivity contribution is -0.128. The van der Waals surface area contributed by atoms with Crippen LogP contribution >= 0.6 is 0 Å². The zero-order chi connectivity index (χ0) is 28.0. The smallest absolute Gasteiger partial charge is 0.293 e. The molecule has 1 aromatic carbocycles. The van der Waals surface area contributed by atoms with Crippen molar-refractivity contribution >= 4 is 12.3 Å². The minimum Gasteiger partial charge on any atom is -0.516 e. The van der Waals surface area contributed by atoms with Gasteiger partial charge in [0.15, 0.2) is 0 Å². The second kappa shape index (κ2) is 21.0.